The van der Waals surface area contributed by atoms with Gasteiger partial charge < -0.3 is 4.74 Å². The van der Waals surface area contributed by atoms with E-state index in [9.17, 15) is 4.79 Å². The summed E-state index contributed by atoms with van der Waals surface area (Å²) in [6.07, 6.45) is 1.62. The zero-order valence-electron chi connectivity index (χ0n) is 18.7. The number of carbonyl (C=O) groups excluding carboxylic acids is 1. The molecule has 1 amide bonds. The van der Waals surface area contributed by atoms with Crippen LogP contribution in [0.25, 0.3) is 11.3 Å². The van der Waals surface area contributed by atoms with E-state index in [1.165, 1.54) is 5.56 Å². The second-order valence-corrected chi connectivity index (χ2v) is 7.99. The third kappa shape index (κ3) is 5.95. The third-order valence-electron chi connectivity index (χ3n) is 5.20. The molecular weight excluding hydrogens is 412 g/mol. The van der Waals surface area contributed by atoms with Gasteiger partial charge in [0.1, 0.15) is 18.1 Å². The molecule has 6 nitrogen and oxygen atoms in total. The average molecular weight is 439 g/mol. The van der Waals surface area contributed by atoms with Crippen molar-refractivity contribution in [3.63, 3.8) is 0 Å². The van der Waals surface area contributed by atoms with Gasteiger partial charge in [-0.3, -0.25) is 9.89 Å². The van der Waals surface area contributed by atoms with Crippen molar-refractivity contribution in [1.82, 2.24) is 15.6 Å². The smallest absolute Gasteiger partial charge is 0.289 e. The highest BCUT2D eigenvalue weighted by Crippen LogP contribution is 2.22. The minimum Gasteiger partial charge on any atom is -0.489 e. The van der Waals surface area contributed by atoms with Crippen LogP contribution in [0.2, 0.25) is 0 Å². The van der Waals surface area contributed by atoms with Crippen molar-refractivity contribution in [3.05, 3.63) is 107 Å². The molecule has 33 heavy (non-hydrogen) atoms. The summed E-state index contributed by atoms with van der Waals surface area (Å²) in [5, 5.41) is 11.1. The van der Waals surface area contributed by atoms with Crippen LogP contribution in [0, 0.1) is 0 Å². The number of ether oxygens (including phenoxy) is 1. The molecule has 4 aromatic rings. The number of hydrazone groups is 1. The number of nitrogens with zero attached hydrogens (tertiary/aromatic N) is 2. The fraction of sp³-hybridized carbons (Fsp3) is 0.148. The summed E-state index contributed by atoms with van der Waals surface area (Å²) in [7, 11) is 0. The monoisotopic (exact) mass is 438 g/mol. The highest BCUT2D eigenvalue weighted by molar-refractivity contribution is 5.94. The van der Waals surface area contributed by atoms with Gasteiger partial charge in [-0.1, -0.05) is 68.4 Å². The van der Waals surface area contributed by atoms with Crippen LogP contribution in [0.4, 0.5) is 0 Å². The number of rotatable bonds is 8. The van der Waals surface area contributed by atoms with Crippen molar-refractivity contribution in [2.45, 2.75) is 26.4 Å². The molecule has 1 aromatic heterocycles. The molecule has 0 atom stereocenters. The second kappa shape index (κ2) is 10.4. The molecule has 3 aromatic carbocycles. The topological polar surface area (TPSA) is 79.4 Å². The van der Waals surface area contributed by atoms with Gasteiger partial charge in [-0.05, 0) is 52.9 Å². The van der Waals surface area contributed by atoms with Gasteiger partial charge in [-0.25, -0.2) is 5.43 Å². The first-order valence-electron chi connectivity index (χ1n) is 10.8. The summed E-state index contributed by atoms with van der Waals surface area (Å²) in [5.41, 5.74) is 7.70. The van der Waals surface area contributed by atoms with Crippen LogP contribution in [0.1, 0.15) is 46.9 Å². The zero-order valence-corrected chi connectivity index (χ0v) is 18.7. The van der Waals surface area contributed by atoms with Crippen molar-refractivity contribution in [1.29, 1.82) is 0 Å². The van der Waals surface area contributed by atoms with Crippen LogP contribution in [0.3, 0.4) is 0 Å². The Morgan fingerprint density at radius 2 is 1.76 bits per heavy atom. The molecule has 4 rings (SSSR count). The van der Waals surface area contributed by atoms with Gasteiger partial charge in [0, 0.05) is 5.56 Å². The van der Waals surface area contributed by atoms with Gasteiger partial charge in [0.2, 0.25) is 0 Å². The van der Waals surface area contributed by atoms with E-state index in [2.05, 4.69) is 46.7 Å². The van der Waals surface area contributed by atoms with E-state index in [0.29, 0.717) is 23.9 Å². The molecular formula is C27H26N4O2. The predicted molar refractivity (Wildman–Crippen MR) is 130 cm³/mol. The number of hydrogen-bond acceptors (Lipinski definition) is 4. The summed E-state index contributed by atoms with van der Waals surface area (Å²) in [6.45, 7) is 4.81. The fourth-order valence-electron chi connectivity index (χ4n) is 3.24. The molecule has 166 valence electrons. The summed E-state index contributed by atoms with van der Waals surface area (Å²) in [4.78, 5) is 12.4. The molecule has 0 bridgehead atoms. The Morgan fingerprint density at radius 1 is 1.03 bits per heavy atom. The van der Waals surface area contributed by atoms with E-state index in [-0.39, 0.29) is 5.91 Å². The Labute approximate surface area is 193 Å². The second-order valence-electron chi connectivity index (χ2n) is 7.99. The number of nitrogens with one attached hydrogen (secondary N) is 2. The molecule has 2 N–H and O–H groups in total. The number of benzene rings is 3. The molecule has 0 saturated carbocycles. The van der Waals surface area contributed by atoms with Crippen molar-refractivity contribution >= 4 is 12.1 Å². The summed E-state index contributed by atoms with van der Waals surface area (Å²) in [6, 6.07) is 27.4. The lowest BCUT2D eigenvalue weighted by atomic mass is 10.0. The number of H-pyrrole nitrogens is 1. The molecule has 0 spiro atoms. The first kappa shape index (κ1) is 22.0. The zero-order chi connectivity index (χ0) is 23.0. The van der Waals surface area contributed by atoms with Crippen LogP contribution in [-0.2, 0) is 6.61 Å². The number of aromatic nitrogens is 2. The van der Waals surface area contributed by atoms with Crippen molar-refractivity contribution in [3.8, 4) is 17.0 Å². The largest absolute Gasteiger partial charge is 0.489 e. The lowest BCUT2D eigenvalue weighted by molar-refractivity contribution is 0.0950. The lowest BCUT2D eigenvalue weighted by Crippen LogP contribution is -2.18. The maximum atomic E-state index is 12.4. The Bertz CT molecular complexity index is 1210. The maximum absolute atomic E-state index is 12.4. The quantitative estimate of drug-likeness (QED) is 0.280. The average Bonchev–Trinajstić information content (AvgIpc) is 3.34. The SMILES string of the molecule is CC(C)c1ccc(/C=N\NC(=O)c2cc(-c3ccc(OCc4ccccc4)cc3)n[nH]2)cc1. The first-order chi connectivity index (χ1) is 16.1. The van der Waals surface area contributed by atoms with Gasteiger partial charge in [0.25, 0.3) is 5.91 Å². The number of carbonyl (C=O) groups is 1. The van der Waals surface area contributed by atoms with Crippen LogP contribution in [0.5, 0.6) is 5.75 Å². The van der Waals surface area contributed by atoms with Gasteiger partial charge in [0.05, 0.1) is 11.9 Å². The van der Waals surface area contributed by atoms with E-state index in [1.807, 2.05) is 66.7 Å². The Balaban J connectivity index is 1.32. The van der Waals surface area contributed by atoms with E-state index in [0.717, 1.165) is 22.4 Å². The molecule has 0 radical (unpaired) electrons. The normalized spacial score (nSPS) is 11.1. The van der Waals surface area contributed by atoms with Crippen molar-refractivity contribution in [2.75, 3.05) is 0 Å². The van der Waals surface area contributed by atoms with Crippen LogP contribution in [0.15, 0.2) is 90.0 Å². The highest BCUT2D eigenvalue weighted by atomic mass is 16.5. The van der Waals surface area contributed by atoms with Crippen LogP contribution >= 0.6 is 0 Å². The summed E-state index contributed by atoms with van der Waals surface area (Å²) < 4.78 is 5.82. The van der Waals surface area contributed by atoms with E-state index in [4.69, 9.17) is 4.74 Å². The summed E-state index contributed by atoms with van der Waals surface area (Å²) in [5.74, 6) is 0.891. The van der Waals surface area contributed by atoms with E-state index < -0.39 is 0 Å². The predicted octanol–water partition coefficient (Wildman–Crippen LogP) is 5.54. The Kier molecular flexibility index (Phi) is 6.95. The van der Waals surface area contributed by atoms with Gasteiger partial charge in [0.15, 0.2) is 0 Å². The standard InChI is InChI=1S/C27H26N4O2/c1-19(2)22-10-8-20(9-11-22)17-28-31-27(32)26-16-25(29-30-26)23-12-14-24(15-13-23)33-18-21-6-4-3-5-7-21/h3-17,19H,18H2,1-2H3,(H,29,30)(H,31,32)/b28-17-. The first-order valence-corrected chi connectivity index (χ1v) is 10.8. The van der Waals surface area contributed by atoms with Crippen molar-refractivity contribution < 1.29 is 9.53 Å². The molecule has 1 heterocycles. The minimum absolute atomic E-state index is 0.335. The molecule has 0 aliphatic heterocycles. The van der Waals surface area contributed by atoms with Gasteiger partial charge >= 0.3 is 0 Å². The Morgan fingerprint density at radius 3 is 2.45 bits per heavy atom. The Hall–Kier alpha value is -4.19. The van der Waals surface area contributed by atoms with E-state index >= 15 is 0 Å². The molecule has 0 unspecified atom stereocenters. The number of amides is 1. The van der Waals surface area contributed by atoms with Crippen LogP contribution in [-0.4, -0.2) is 22.3 Å². The highest BCUT2D eigenvalue weighted by Gasteiger charge is 2.10. The van der Waals surface area contributed by atoms with E-state index in [1.54, 1.807) is 12.3 Å². The number of hydrogen-bond donors (Lipinski definition) is 2. The summed E-state index contributed by atoms with van der Waals surface area (Å²) >= 11 is 0. The fourth-order valence-corrected chi connectivity index (χ4v) is 3.24. The molecule has 0 saturated heterocycles. The van der Waals surface area contributed by atoms with Gasteiger partial charge in [-0.15, -0.1) is 0 Å². The van der Waals surface area contributed by atoms with Crippen LogP contribution < -0.4 is 10.2 Å². The lowest BCUT2D eigenvalue weighted by Gasteiger charge is -2.06. The van der Waals surface area contributed by atoms with Crippen molar-refractivity contribution in [2.24, 2.45) is 5.10 Å². The molecule has 0 aliphatic carbocycles. The number of aromatic amines is 1. The molecule has 0 fully saturated rings. The minimum atomic E-state index is -0.355. The van der Waals surface area contributed by atoms with Gasteiger partial charge in [-0.2, -0.15) is 10.2 Å². The molecule has 0 aliphatic rings. The third-order valence-corrected chi connectivity index (χ3v) is 5.20. The maximum Gasteiger partial charge on any atom is 0.289 e. The molecule has 6 heteroatoms.